The molecular weight excluding hydrogens is 485 g/mol. The van der Waals surface area contributed by atoms with Crippen LogP contribution in [0.25, 0.3) is 22.3 Å². The summed E-state index contributed by atoms with van der Waals surface area (Å²) in [6.45, 7) is 1.17. The Kier molecular flexibility index (Phi) is 6.81. The number of imidazole rings is 1. The van der Waals surface area contributed by atoms with E-state index < -0.39 is 17.4 Å². The summed E-state index contributed by atoms with van der Waals surface area (Å²) < 4.78 is 21.4. The van der Waals surface area contributed by atoms with E-state index in [-0.39, 0.29) is 11.4 Å². The highest BCUT2D eigenvalue weighted by Gasteiger charge is 2.20. The standard InChI is InChI=1S/C26H23ClFN5O3/c27-23(28)25(35)31-22-15-16-14-19(29-22)17-8-2-5-11-21(17)36-13-7-1-6-12-33-20-10-4-3-9-18(20)30-26(33)32-24(16)34/h2-5,8-11,14-15,23H,1,6-7,12-13H2,(H,29,31,35)(H,30,32,34). The molecule has 3 heterocycles. The second-order valence-corrected chi connectivity index (χ2v) is 8.73. The van der Waals surface area contributed by atoms with Crippen LogP contribution in [0.15, 0.2) is 60.7 Å². The number of anilines is 2. The molecule has 8 nitrogen and oxygen atoms in total. The second kappa shape index (κ2) is 10.3. The molecule has 0 aliphatic carbocycles. The summed E-state index contributed by atoms with van der Waals surface area (Å²) in [7, 11) is 0. The lowest BCUT2D eigenvalue weighted by molar-refractivity contribution is -0.118. The van der Waals surface area contributed by atoms with E-state index in [1.165, 1.54) is 6.07 Å². The number of amides is 2. The van der Waals surface area contributed by atoms with Crippen molar-refractivity contribution in [3.05, 3.63) is 66.2 Å². The molecule has 0 saturated carbocycles. The van der Waals surface area contributed by atoms with Crippen molar-refractivity contribution in [2.75, 3.05) is 17.2 Å². The Morgan fingerprint density at radius 1 is 1.08 bits per heavy atom. The first-order chi connectivity index (χ1) is 17.5. The van der Waals surface area contributed by atoms with Crippen LogP contribution in [0.1, 0.15) is 29.6 Å². The number of nitrogens with one attached hydrogen (secondary N) is 2. The molecule has 2 bridgehead atoms. The molecule has 2 aromatic heterocycles. The van der Waals surface area contributed by atoms with Gasteiger partial charge in [0.15, 0.2) is 0 Å². The van der Waals surface area contributed by atoms with Gasteiger partial charge < -0.3 is 14.6 Å². The van der Waals surface area contributed by atoms with Crippen LogP contribution in [0.2, 0.25) is 0 Å². The Morgan fingerprint density at radius 2 is 1.89 bits per heavy atom. The number of para-hydroxylation sites is 3. The zero-order valence-electron chi connectivity index (χ0n) is 19.2. The van der Waals surface area contributed by atoms with Crippen molar-refractivity contribution in [1.29, 1.82) is 0 Å². The van der Waals surface area contributed by atoms with Crippen LogP contribution in [0.3, 0.4) is 0 Å². The third-order valence-corrected chi connectivity index (χ3v) is 6.06. The van der Waals surface area contributed by atoms with Crippen LogP contribution in [-0.4, -0.2) is 38.6 Å². The molecule has 0 spiro atoms. The minimum Gasteiger partial charge on any atom is -0.493 e. The van der Waals surface area contributed by atoms with Crippen molar-refractivity contribution in [1.82, 2.24) is 14.5 Å². The smallest absolute Gasteiger partial charge is 0.275 e. The van der Waals surface area contributed by atoms with Gasteiger partial charge in [-0.15, -0.1) is 0 Å². The fraction of sp³-hybridized carbons (Fsp3) is 0.231. The van der Waals surface area contributed by atoms with E-state index in [9.17, 15) is 14.0 Å². The Hall–Kier alpha value is -3.98. The van der Waals surface area contributed by atoms with E-state index in [1.54, 1.807) is 6.07 Å². The predicted molar refractivity (Wildman–Crippen MR) is 136 cm³/mol. The number of ether oxygens (including phenoxy) is 1. The van der Waals surface area contributed by atoms with Crippen LogP contribution in [0.5, 0.6) is 5.75 Å². The van der Waals surface area contributed by atoms with Gasteiger partial charge in [0.2, 0.25) is 5.95 Å². The van der Waals surface area contributed by atoms with E-state index in [0.717, 1.165) is 30.3 Å². The summed E-state index contributed by atoms with van der Waals surface area (Å²) >= 11 is 5.29. The summed E-state index contributed by atoms with van der Waals surface area (Å²) in [5, 5.41) is 5.23. The van der Waals surface area contributed by atoms with Gasteiger partial charge in [-0.05, 0) is 55.7 Å². The molecule has 2 amide bonds. The minimum atomic E-state index is -2.26. The van der Waals surface area contributed by atoms with Gasteiger partial charge in [0.05, 0.1) is 23.3 Å². The lowest BCUT2D eigenvalue weighted by Gasteiger charge is -2.14. The molecule has 0 saturated heterocycles. The summed E-state index contributed by atoms with van der Waals surface area (Å²) in [6.07, 6.45) is 2.64. The van der Waals surface area contributed by atoms with Gasteiger partial charge in [-0.25, -0.2) is 14.4 Å². The van der Waals surface area contributed by atoms with Crippen molar-refractivity contribution in [3.63, 3.8) is 0 Å². The topological polar surface area (TPSA) is 98.1 Å². The zero-order valence-corrected chi connectivity index (χ0v) is 20.0. The number of halogens is 2. The second-order valence-electron chi connectivity index (χ2n) is 8.35. The van der Waals surface area contributed by atoms with Crippen molar-refractivity contribution in [3.8, 4) is 17.0 Å². The van der Waals surface area contributed by atoms with Crippen molar-refractivity contribution in [2.45, 2.75) is 31.4 Å². The molecule has 4 aromatic rings. The van der Waals surface area contributed by atoms with Gasteiger partial charge in [0.1, 0.15) is 11.6 Å². The molecule has 36 heavy (non-hydrogen) atoms. The van der Waals surface area contributed by atoms with Crippen molar-refractivity contribution in [2.24, 2.45) is 0 Å². The number of hydrogen-bond acceptors (Lipinski definition) is 5. The number of benzene rings is 2. The lowest BCUT2D eigenvalue weighted by Crippen LogP contribution is -2.21. The quantitative estimate of drug-likeness (QED) is 0.355. The number of carbonyl (C=O) groups is 2. The highest BCUT2D eigenvalue weighted by molar-refractivity contribution is 6.31. The van der Waals surface area contributed by atoms with Gasteiger partial charge >= 0.3 is 0 Å². The molecule has 2 N–H and O–H groups in total. The Morgan fingerprint density at radius 3 is 2.75 bits per heavy atom. The highest BCUT2D eigenvalue weighted by atomic mass is 35.5. The van der Waals surface area contributed by atoms with Crippen molar-refractivity contribution >= 4 is 46.2 Å². The number of alkyl halides is 2. The van der Waals surface area contributed by atoms with Gasteiger partial charge in [-0.3, -0.25) is 14.9 Å². The first kappa shape index (κ1) is 23.7. The summed E-state index contributed by atoms with van der Waals surface area (Å²) in [6, 6.07) is 17.9. The molecule has 1 aliphatic heterocycles. The first-order valence-electron chi connectivity index (χ1n) is 11.6. The number of hydrogen-bond donors (Lipinski definition) is 2. The average molecular weight is 508 g/mol. The number of aromatic nitrogens is 3. The van der Waals surface area contributed by atoms with Crippen LogP contribution < -0.4 is 15.4 Å². The highest BCUT2D eigenvalue weighted by Crippen LogP contribution is 2.31. The monoisotopic (exact) mass is 507 g/mol. The van der Waals surface area contributed by atoms with Gasteiger partial charge in [0, 0.05) is 17.7 Å². The predicted octanol–water partition coefficient (Wildman–Crippen LogP) is 5.39. The number of rotatable bonds is 2. The number of aryl methyl sites for hydroxylation is 1. The minimum absolute atomic E-state index is 0.0152. The summed E-state index contributed by atoms with van der Waals surface area (Å²) in [5.41, 5.74) is 0.633. The number of nitrogens with zero attached hydrogens (tertiary/aromatic N) is 3. The molecule has 5 rings (SSSR count). The molecule has 1 atom stereocenters. The van der Waals surface area contributed by atoms with E-state index in [0.29, 0.717) is 36.1 Å². The van der Waals surface area contributed by atoms with E-state index in [4.69, 9.17) is 16.3 Å². The molecule has 0 radical (unpaired) electrons. The third kappa shape index (κ3) is 5.01. The van der Waals surface area contributed by atoms with Crippen LogP contribution in [0, 0.1) is 0 Å². The molecule has 10 heteroatoms. The Bertz CT molecular complexity index is 1440. The fourth-order valence-electron chi connectivity index (χ4n) is 4.15. The number of fused-ring (bicyclic) bond motifs is 7. The number of pyridine rings is 1. The fourth-order valence-corrected chi connectivity index (χ4v) is 4.21. The van der Waals surface area contributed by atoms with Crippen LogP contribution in [0.4, 0.5) is 16.2 Å². The molecule has 1 aliphatic rings. The van der Waals surface area contributed by atoms with Gasteiger partial charge in [-0.2, -0.15) is 0 Å². The normalized spacial score (nSPS) is 14.9. The Balaban J connectivity index is 1.61. The molecule has 2 aromatic carbocycles. The van der Waals surface area contributed by atoms with Gasteiger partial charge in [-0.1, -0.05) is 35.9 Å². The maximum atomic E-state index is 13.4. The van der Waals surface area contributed by atoms with Crippen molar-refractivity contribution < 1.29 is 18.7 Å². The third-order valence-electron chi connectivity index (χ3n) is 5.86. The average Bonchev–Trinajstić information content (AvgIpc) is 3.22. The van der Waals surface area contributed by atoms with Crippen LogP contribution in [-0.2, 0) is 11.3 Å². The first-order valence-corrected chi connectivity index (χ1v) is 12.0. The molecule has 0 fully saturated rings. The maximum absolute atomic E-state index is 13.4. The SMILES string of the molecule is O=C1Nc2nc3ccccc3n2CCCCCOc2ccccc2-c2cc1cc(NC(=O)C(F)Cl)n2. The van der Waals surface area contributed by atoms with Crippen LogP contribution >= 0.6 is 11.6 Å². The molecule has 184 valence electrons. The molecule has 1 unspecified atom stereocenters. The van der Waals surface area contributed by atoms with E-state index in [1.807, 2.05) is 53.1 Å². The number of carbonyl (C=O) groups excluding carboxylic acids is 2. The Labute approximate surface area is 211 Å². The summed E-state index contributed by atoms with van der Waals surface area (Å²) in [4.78, 5) is 34.4. The maximum Gasteiger partial charge on any atom is 0.275 e. The lowest BCUT2D eigenvalue weighted by atomic mass is 10.1. The zero-order chi connectivity index (χ0) is 25.1. The largest absolute Gasteiger partial charge is 0.493 e. The summed E-state index contributed by atoms with van der Waals surface area (Å²) in [5.74, 6) is -0.541. The van der Waals surface area contributed by atoms with E-state index in [2.05, 4.69) is 20.6 Å². The van der Waals surface area contributed by atoms with E-state index >= 15 is 0 Å². The van der Waals surface area contributed by atoms with Gasteiger partial charge in [0.25, 0.3) is 17.4 Å². The molecular formula is C26H23ClFN5O3.